The Bertz CT molecular complexity index is 691. The van der Waals surface area contributed by atoms with Gasteiger partial charge < -0.3 is 5.32 Å². The van der Waals surface area contributed by atoms with Gasteiger partial charge in [0.15, 0.2) is 0 Å². The molecule has 21 heavy (non-hydrogen) atoms. The summed E-state index contributed by atoms with van der Waals surface area (Å²) < 4.78 is 0. The number of aromatic nitrogens is 1. The molecule has 3 heteroatoms. The van der Waals surface area contributed by atoms with Gasteiger partial charge in [0.1, 0.15) is 0 Å². The normalized spacial score (nSPS) is 12.6. The highest BCUT2D eigenvalue weighted by atomic mass is 32.1. The third-order valence-corrected chi connectivity index (χ3v) is 4.55. The van der Waals surface area contributed by atoms with Crippen molar-refractivity contribution < 1.29 is 0 Å². The van der Waals surface area contributed by atoms with Crippen LogP contribution in [0.3, 0.4) is 0 Å². The molecule has 3 aromatic rings. The lowest BCUT2D eigenvalue weighted by Gasteiger charge is -2.19. The van der Waals surface area contributed by atoms with Gasteiger partial charge in [-0.3, -0.25) is 4.98 Å². The molecule has 0 amide bonds. The first-order valence-corrected chi connectivity index (χ1v) is 8.35. The predicted octanol–water partition coefficient (Wildman–Crippen LogP) is 4.58. The zero-order chi connectivity index (χ0) is 14.5. The topological polar surface area (TPSA) is 24.9 Å². The molecule has 1 unspecified atom stereocenters. The van der Waals surface area contributed by atoms with Crippen LogP contribution >= 0.6 is 11.3 Å². The van der Waals surface area contributed by atoms with E-state index in [1.807, 2.05) is 23.6 Å². The predicted molar refractivity (Wildman–Crippen MR) is 90.8 cm³/mol. The fraction of sp³-hybridized carbons (Fsp3) is 0.278. The van der Waals surface area contributed by atoms with Gasteiger partial charge in [-0.1, -0.05) is 25.1 Å². The summed E-state index contributed by atoms with van der Waals surface area (Å²) in [5, 5.41) is 7.04. The van der Waals surface area contributed by atoms with Gasteiger partial charge in [-0.2, -0.15) is 0 Å². The second-order valence-corrected chi connectivity index (χ2v) is 6.28. The summed E-state index contributed by atoms with van der Waals surface area (Å²) in [5.74, 6) is 0. The third-order valence-electron chi connectivity index (χ3n) is 3.66. The highest BCUT2D eigenvalue weighted by molar-refractivity contribution is 7.09. The number of hydrogen-bond acceptors (Lipinski definition) is 3. The minimum absolute atomic E-state index is 0.369. The van der Waals surface area contributed by atoms with Crippen LogP contribution in [0.1, 0.15) is 29.8 Å². The zero-order valence-electron chi connectivity index (χ0n) is 12.3. The molecule has 0 fully saturated rings. The van der Waals surface area contributed by atoms with Gasteiger partial charge in [-0.05, 0) is 48.2 Å². The minimum Gasteiger partial charge on any atom is -0.310 e. The van der Waals surface area contributed by atoms with Gasteiger partial charge >= 0.3 is 0 Å². The monoisotopic (exact) mass is 296 g/mol. The van der Waals surface area contributed by atoms with E-state index < -0.39 is 0 Å². The molecular formula is C18H20N2S. The molecule has 0 aliphatic rings. The maximum Gasteiger partial charge on any atom is 0.0702 e. The molecule has 1 aromatic carbocycles. The van der Waals surface area contributed by atoms with E-state index in [1.54, 1.807) is 0 Å². The van der Waals surface area contributed by atoms with Crippen molar-refractivity contribution in [3.63, 3.8) is 0 Å². The summed E-state index contributed by atoms with van der Waals surface area (Å²) in [4.78, 5) is 5.83. The third kappa shape index (κ3) is 3.49. The molecule has 0 aliphatic heterocycles. The highest BCUT2D eigenvalue weighted by Crippen LogP contribution is 2.24. The number of benzene rings is 1. The Morgan fingerprint density at radius 1 is 1.19 bits per heavy atom. The molecule has 2 aromatic heterocycles. The van der Waals surface area contributed by atoms with Gasteiger partial charge in [0.05, 0.1) is 5.52 Å². The van der Waals surface area contributed by atoms with Crippen molar-refractivity contribution in [1.29, 1.82) is 0 Å². The molecule has 2 nitrogen and oxygen atoms in total. The summed E-state index contributed by atoms with van der Waals surface area (Å²) in [6.45, 7) is 3.25. The van der Waals surface area contributed by atoms with Crippen LogP contribution in [0.5, 0.6) is 0 Å². The number of rotatable bonds is 6. The van der Waals surface area contributed by atoms with Gasteiger partial charge in [0.25, 0.3) is 0 Å². The van der Waals surface area contributed by atoms with Crippen LogP contribution in [0.15, 0.2) is 54.0 Å². The average Bonchev–Trinajstić information content (AvgIpc) is 3.04. The first-order chi connectivity index (χ1) is 10.4. The van der Waals surface area contributed by atoms with Gasteiger partial charge in [0, 0.05) is 28.9 Å². The van der Waals surface area contributed by atoms with E-state index in [9.17, 15) is 0 Å². The summed E-state index contributed by atoms with van der Waals surface area (Å²) in [6, 6.07) is 15.4. The van der Waals surface area contributed by atoms with Crippen LogP contribution in [0, 0.1) is 0 Å². The molecule has 1 N–H and O–H groups in total. The zero-order valence-corrected chi connectivity index (χ0v) is 13.1. The van der Waals surface area contributed by atoms with Gasteiger partial charge in [0.2, 0.25) is 0 Å². The lowest BCUT2D eigenvalue weighted by atomic mass is 10.0. The fourth-order valence-electron chi connectivity index (χ4n) is 2.57. The van der Waals surface area contributed by atoms with Crippen LogP contribution in [0.25, 0.3) is 10.9 Å². The van der Waals surface area contributed by atoms with Crippen molar-refractivity contribution in [3.05, 3.63) is 64.5 Å². The molecule has 0 saturated heterocycles. The number of thiophene rings is 1. The molecule has 108 valence electrons. The van der Waals surface area contributed by atoms with Crippen molar-refractivity contribution in [2.75, 3.05) is 6.54 Å². The van der Waals surface area contributed by atoms with E-state index >= 15 is 0 Å². The van der Waals surface area contributed by atoms with E-state index in [1.165, 1.54) is 15.8 Å². The Labute approximate surface area is 129 Å². The molecule has 1 atom stereocenters. The van der Waals surface area contributed by atoms with Crippen molar-refractivity contribution >= 4 is 22.2 Å². The van der Waals surface area contributed by atoms with Crippen molar-refractivity contribution in [2.45, 2.75) is 25.8 Å². The van der Waals surface area contributed by atoms with Crippen LogP contribution in [0.4, 0.5) is 0 Å². The lowest BCUT2D eigenvalue weighted by Crippen LogP contribution is -2.23. The van der Waals surface area contributed by atoms with Gasteiger partial charge in [-0.25, -0.2) is 0 Å². The Morgan fingerprint density at radius 3 is 2.95 bits per heavy atom. The van der Waals surface area contributed by atoms with Crippen LogP contribution in [0.2, 0.25) is 0 Å². The Morgan fingerprint density at radius 2 is 2.14 bits per heavy atom. The van der Waals surface area contributed by atoms with Gasteiger partial charge in [-0.15, -0.1) is 11.3 Å². The van der Waals surface area contributed by atoms with Crippen LogP contribution in [-0.2, 0) is 6.42 Å². The SMILES string of the molecule is CCCNC(Cc1cccs1)c1ccc2ncccc2c1. The highest BCUT2D eigenvalue weighted by Gasteiger charge is 2.12. The fourth-order valence-corrected chi connectivity index (χ4v) is 3.32. The number of pyridine rings is 1. The van der Waals surface area contributed by atoms with Crippen LogP contribution < -0.4 is 5.32 Å². The Kier molecular flexibility index (Phi) is 4.63. The van der Waals surface area contributed by atoms with Crippen molar-refractivity contribution in [1.82, 2.24) is 10.3 Å². The molecule has 0 radical (unpaired) electrons. The molecule has 0 saturated carbocycles. The molecule has 2 heterocycles. The van der Waals surface area contributed by atoms with E-state index in [-0.39, 0.29) is 0 Å². The quantitative estimate of drug-likeness (QED) is 0.720. The summed E-state index contributed by atoms with van der Waals surface area (Å²) >= 11 is 1.83. The average molecular weight is 296 g/mol. The first kappa shape index (κ1) is 14.2. The largest absolute Gasteiger partial charge is 0.310 e. The Hall–Kier alpha value is -1.71. The van der Waals surface area contributed by atoms with E-state index in [0.29, 0.717) is 6.04 Å². The number of nitrogens with zero attached hydrogens (tertiary/aromatic N) is 1. The van der Waals surface area contributed by atoms with E-state index in [2.05, 4.69) is 59.0 Å². The summed E-state index contributed by atoms with van der Waals surface area (Å²) in [5.41, 5.74) is 2.41. The van der Waals surface area contributed by atoms with Crippen LogP contribution in [-0.4, -0.2) is 11.5 Å². The summed E-state index contributed by atoms with van der Waals surface area (Å²) in [6.07, 6.45) is 4.04. The minimum atomic E-state index is 0.369. The lowest BCUT2D eigenvalue weighted by molar-refractivity contribution is 0.533. The summed E-state index contributed by atoms with van der Waals surface area (Å²) in [7, 11) is 0. The standard InChI is InChI=1S/C18H20N2S/c1-2-9-19-18(13-16-6-4-11-21-16)15-7-8-17-14(12-15)5-3-10-20-17/h3-8,10-12,18-19H,2,9,13H2,1H3. The molecule has 3 rings (SSSR count). The molecule has 0 aliphatic carbocycles. The maximum atomic E-state index is 4.40. The number of fused-ring (bicyclic) bond motifs is 1. The second-order valence-electron chi connectivity index (χ2n) is 5.25. The second kappa shape index (κ2) is 6.83. The van der Waals surface area contributed by atoms with E-state index in [4.69, 9.17) is 0 Å². The number of hydrogen-bond donors (Lipinski definition) is 1. The maximum absolute atomic E-state index is 4.40. The molecular weight excluding hydrogens is 276 g/mol. The Balaban J connectivity index is 1.89. The first-order valence-electron chi connectivity index (χ1n) is 7.47. The smallest absolute Gasteiger partial charge is 0.0702 e. The molecule has 0 bridgehead atoms. The van der Waals surface area contributed by atoms with Crippen molar-refractivity contribution in [3.8, 4) is 0 Å². The van der Waals surface area contributed by atoms with E-state index in [0.717, 1.165) is 24.9 Å². The van der Waals surface area contributed by atoms with Crippen molar-refractivity contribution in [2.24, 2.45) is 0 Å². The molecule has 0 spiro atoms. The number of nitrogens with one attached hydrogen (secondary N) is 1.